The Bertz CT molecular complexity index is 351. The topological polar surface area (TPSA) is 26.3 Å². The summed E-state index contributed by atoms with van der Waals surface area (Å²) in [7, 11) is 1.40. The Labute approximate surface area is 98.8 Å². The second kappa shape index (κ2) is 5.31. The van der Waals surface area contributed by atoms with E-state index in [2.05, 4.69) is 35.9 Å². The van der Waals surface area contributed by atoms with Crippen molar-refractivity contribution < 1.29 is 9.53 Å². The van der Waals surface area contributed by atoms with Crippen molar-refractivity contribution in [1.29, 1.82) is 0 Å². The molecule has 0 amide bonds. The Hall–Kier alpha value is -0.830. The van der Waals surface area contributed by atoms with E-state index < -0.39 is 0 Å². The molecule has 0 aliphatic heterocycles. The average molecular weight is 271 g/mol. The van der Waals surface area contributed by atoms with Crippen molar-refractivity contribution >= 4 is 21.9 Å². The Morgan fingerprint density at radius 1 is 1.53 bits per heavy atom. The number of allylic oxidation sites excluding steroid dienone is 4. The number of hydrogen-bond donors (Lipinski definition) is 0. The van der Waals surface area contributed by atoms with Crippen molar-refractivity contribution in [2.45, 2.75) is 20.3 Å². The summed E-state index contributed by atoms with van der Waals surface area (Å²) in [5.41, 5.74) is 1.87. The lowest BCUT2D eigenvalue weighted by molar-refractivity contribution is -0.135. The summed E-state index contributed by atoms with van der Waals surface area (Å²) in [6, 6.07) is 0. The molecule has 0 aromatic rings. The molecular formula is C12H15BrO2. The van der Waals surface area contributed by atoms with Crippen molar-refractivity contribution in [2.24, 2.45) is 5.92 Å². The van der Waals surface area contributed by atoms with Crippen LogP contribution in [0.4, 0.5) is 0 Å². The minimum absolute atomic E-state index is 0.292. The lowest BCUT2D eigenvalue weighted by Gasteiger charge is -2.11. The van der Waals surface area contributed by atoms with Gasteiger partial charge in [-0.15, -0.1) is 0 Å². The molecule has 0 radical (unpaired) electrons. The lowest BCUT2D eigenvalue weighted by atomic mass is 10.00. The number of hydrogen-bond acceptors (Lipinski definition) is 2. The maximum absolute atomic E-state index is 11.5. The van der Waals surface area contributed by atoms with Gasteiger partial charge in [0.1, 0.15) is 0 Å². The largest absolute Gasteiger partial charge is 0.465 e. The number of carbonyl (C=O) groups excluding carboxylic acids is 1. The molecule has 0 aromatic carbocycles. The fraction of sp³-hybridized carbons (Fsp3) is 0.417. The van der Waals surface area contributed by atoms with E-state index >= 15 is 0 Å². The van der Waals surface area contributed by atoms with Crippen molar-refractivity contribution in [2.75, 3.05) is 7.11 Å². The van der Waals surface area contributed by atoms with Crippen molar-refractivity contribution in [3.05, 3.63) is 33.9 Å². The highest BCUT2D eigenvalue weighted by molar-refractivity contribution is 9.12. The van der Waals surface area contributed by atoms with E-state index in [1.165, 1.54) is 12.7 Å². The van der Waals surface area contributed by atoms with Gasteiger partial charge >= 0.3 is 5.97 Å². The summed E-state index contributed by atoms with van der Waals surface area (Å²) >= 11 is 3.40. The predicted molar refractivity (Wildman–Crippen MR) is 64.6 cm³/mol. The summed E-state index contributed by atoms with van der Waals surface area (Å²) in [5.74, 6) is 0.0350. The Morgan fingerprint density at radius 2 is 2.20 bits per heavy atom. The van der Waals surface area contributed by atoms with Crippen LogP contribution in [0.15, 0.2) is 33.9 Å². The van der Waals surface area contributed by atoms with Crippen LogP contribution < -0.4 is 0 Å². The molecule has 0 heterocycles. The maximum atomic E-state index is 11.5. The molecule has 0 N–H and O–H groups in total. The average Bonchev–Trinajstić information content (AvgIpc) is 2.15. The van der Waals surface area contributed by atoms with E-state index in [0.29, 0.717) is 11.5 Å². The van der Waals surface area contributed by atoms with Gasteiger partial charge in [-0.05, 0) is 19.3 Å². The molecule has 1 atom stereocenters. The first-order valence-electron chi connectivity index (χ1n) is 4.88. The fourth-order valence-corrected chi connectivity index (χ4v) is 2.28. The summed E-state index contributed by atoms with van der Waals surface area (Å²) in [4.78, 5) is 11.5. The van der Waals surface area contributed by atoms with Gasteiger partial charge in [0.15, 0.2) is 0 Å². The van der Waals surface area contributed by atoms with Gasteiger partial charge in [-0.3, -0.25) is 0 Å². The van der Waals surface area contributed by atoms with Crippen LogP contribution in [-0.2, 0) is 9.53 Å². The number of carbonyl (C=O) groups is 1. The molecule has 0 saturated carbocycles. The quantitative estimate of drug-likeness (QED) is 0.540. The molecule has 0 saturated heterocycles. The van der Waals surface area contributed by atoms with Crippen LogP contribution in [0.25, 0.3) is 0 Å². The van der Waals surface area contributed by atoms with Crippen LogP contribution >= 0.6 is 15.9 Å². The molecule has 2 nitrogen and oxygen atoms in total. The van der Waals surface area contributed by atoms with Crippen LogP contribution in [0, 0.1) is 5.92 Å². The monoisotopic (exact) mass is 270 g/mol. The zero-order valence-electron chi connectivity index (χ0n) is 9.21. The van der Waals surface area contributed by atoms with E-state index in [9.17, 15) is 4.79 Å². The molecule has 1 unspecified atom stereocenters. The van der Waals surface area contributed by atoms with Gasteiger partial charge < -0.3 is 4.74 Å². The summed E-state index contributed by atoms with van der Waals surface area (Å²) in [6.07, 6.45) is 6.87. The number of esters is 1. The van der Waals surface area contributed by atoms with E-state index in [4.69, 9.17) is 4.74 Å². The highest BCUT2D eigenvalue weighted by Gasteiger charge is 2.14. The summed E-state index contributed by atoms with van der Waals surface area (Å²) in [6.45, 7) is 4.15. The van der Waals surface area contributed by atoms with Gasteiger partial charge in [0, 0.05) is 4.48 Å². The molecule has 1 aliphatic carbocycles. The SMILES string of the molecule is COC(=O)C1=CC/C(C)=C/C(C)C=C1Br. The number of ether oxygens (including phenoxy) is 1. The van der Waals surface area contributed by atoms with Gasteiger partial charge in [0.2, 0.25) is 0 Å². The second-order valence-electron chi connectivity index (χ2n) is 3.70. The van der Waals surface area contributed by atoms with E-state index in [1.807, 2.05) is 12.2 Å². The first-order valence-corrected chi connectivity index (χ1v) is 5.67. The standard InChI is InChI=1S/C12H15BrO2/c1-8-4-5-10(12(14)15-3)11(13)7-9(2)6-8/h5-7,9H,4H2,1-3H3/b8-6+,10-5?,11-7?. The molecule has 1 aliphatic rings. The van der Waals surface area contributed by atoms with Crippen LogP contribution in [0.1, 0.15) is 20.3 Å². The normalized spacial score (nSPS) is 25.3. The zero-order valence-corrected chi connectivity index (χ0v) is 10.8. The van der Waals surface area contributed by atoms with Crippen LogP contribution in [-0.4, -0.2) is 13.1 Å². The zero-order chi connectivity index (χ0) is 11.4. The third-order valence-corrected chi connectivity index (χ3v) is 2.94. The van der Waals surface area contributed by atoms with Crippen molar-refractivity contribution in [3.63, 3.8) is 0 Å². The molecule has 0 bridgehead atoms. The molecule has 15 heavy (non-hydrogen) atoms. The van der Waals surface area contributed by atoms with Crippen molar-refractivity contribution in [3.8, 4) is 0 Å². The highest BCUT2D eigenvalue weighted by atomic mass is 79.9. The van der Waals surface area contributed by atoms with Gasteiger partial charge in [0.25, 0.3) is 0 Å². The molecule has 0 aromatic heterocycles. The van der Waals surface area contributed by atoms with Gasteiger partial charge in [-0.2, -0.15) is 0 Å². The maximum Gasteiger partial charge on any atom is 0.338 e. The molecule has 3 heteroatoms. The molecule has 82 valence electrons. The first-order chi connectivity index (χ1) is 7.04. The van der Waals surface area contributed by atoms with Gasteiger partial charge in [-0.1, -0.05) is 46.7 Å². The fourth-order valence-electron chi connectivity index (χ4n) is 1.54. The number of rotatable bonds is 1. The van der Waals surface area contributed by atoms with Crippen LogP contribution in [0.5, 0.6) is 0 Å². The Morgan fingerprint density at radius 3 is 2.80 bits per heavy atom. The summed E-state index contributed by atoms with van der Waals surface area (Å²) < 4.78 is 5.54. The minimum Gasteiger partial charge on any atom is -0.465 e. The number of halogens is 1. The van der Waals surface area contributed by atoms with E-state index in [0.717, 1.165) is 10.9 Å². The smallest absolute Gasteiger partial charge is 0.338 e. The van der Waals surface area contributed by atoms with Crippen molar-refractivity contribution in [1.82, 2.24) is 0 Å². The van der Waals surface area contributed by atoms with E-state index in [1.54, 1.807) is 0 Å². The summed E-state index contributed by atoms with van der Waals surface area (Å²) in [5, 5.41) is 0. The Balaban J connectivity index is 3.06. The molecule has 1 rings (SSSR count). The first kappa shape index (κ1) is 12.2. The number of methoxy groups -OCH3 is 1. The molecular weight excluding hydrogens is 256 g/mol. The molecule has 0 fully saturated rings. The minimum atomic E-state index is -0.292. The highest BCUT2D eigenvalue weighted by Crippen LogP contribution is 2.25. The third-order valence-electron chi connectivity index (χ3n) is 2.25. The van der Waals surface area contributed by atoms with Crippen LogP contribution in [0.2, 0.25) is 0 Å². The molecule has 0 spiro atoms. The second-order valence-corrected chi connectivity index (χ2v) is 4.55. The lowest BCUT2D eigenvalue weighted by Crippen LogP contribution is -2.07. The third kappa shape index (κ3) is 3.34. The Kier molecular flexibility index (Phi) is 4.33. The predicted octanol–water partition coefficient (Wildman–Crippen LogP) is 3.35. The van der Waals surface area contributed by atoms with Crippen LogP contribution in [0.3, 0.4) is 0 Å². The van der Waals surface area contributed by atoms with E-state index in [-0.39, 0.29) is 5.97 Å². The van der Waals surface area contributed by atoms with Gasteiger partial charge in [0.05, 0.1) is 12.7 Å². The van der Waals surface area contributed by atoms with Gasteiger partial charge in [-0.25, -0.2) is 4.79 Å².